The molecule has 1 N–H and O–H groups in total. The standard InChI is InChI=1S/C18H20F3NO7/c1-27-14(24)9-12(16(25)28-2)15(17(26)29-3)22-13(23)8-10-5-4-6-11(7-10)18(19,20)21/h4-7,12,15H,8-9H2,1-3H3,(H,22,23)/t12-,15+/m0/s1. The van der Waals surface area contributed by atoms with Crippen LogP contribution in [0.4, 0.5) is 13.2 Å². The number of halogens is 3. The van der Waals surface area contributed by atoms with Gasteiger partial charge >= 0.3 is 24.1 Å². The van der Waals surface area contributed by atoms with Crippen LogP contribution in [0.25, 0.3) is 0 Å². The normalized spacial score (nSPS) is 13.0. The van der Waals surface area contributed by atoms with Gasteiger partial charge in [-0.2, -0.15) is 13.2 Å². The molecule has 0 fully saturated rings. The van der Waals surface area contributed by atoms with Crippen molar-refractivity contribution in [1.82, 2.24) is 5.32 Å². The number of ether oxygens (including phenoxy) is 3. The summed E-state index contributed by atoms with van der Waals surface area (Å²) in [6.45, 7) is 0. The van der Waals surface area contributed by atoms with Gasteiger partial charge in [0.15, 0.2) is 0 Å². The second-order valence-electron chi connectivity index (χ2n) is 5.85. The average molecular weight is 419 g/mol. The summed E-state index contributed by atoms with van der Waals surface area (Å²) in [4.78, 5) is 47.9. The number of methoxy groups -OCH3 is 3. The molecule has 0 aliphatic rings. The predicted octanol–water partition coefficient (Wildman–Crippen LogP) is 1.26. The summed E-state index contributed by atoms with van der Waals surface area (Å²) in [6.07, 6.45) is -5.69. The maximum atomic E-state index is 12.8. The first-order valence-electron chi connectivity index (χ1n) is 8.21. The molecule has 29 heavy (non-hydrogen) atoms. The molecular weight excluding hydrogens is 399 g/mol. The van der Waals surface area contributed by atoms with Gasteiger partial charge in [-0.3, -0.25) is 14.4 Å². The minimum absolute atomic E-state index is 0.0310. The summed E-state index contributed by atoms with van der Waals surface area (Å²) in [5.41, 5.74) is -0.908. The van der Waals surface area contributed by atoms with Gasteiger partial charge in [-0.1, -0.05) is 18.2 Å². The average Bonchev–Trinajstić information content (AvgIpc) is 2.68. The first kappa shape index (κ1) is 23.9. The lowest BCUT2D eigenvalue weighted by atomic mass is 9.95. The zero-order valence-electron chi connectivity index (χ0n) is 15.9. The first-order valence-corrected chi connectivity index (χ1v) is 8.21. The van der Waals surface area contributed by atoms with Crippen LogP contribution in [-0.2, 0) is 46.0 Å². The monoisotopic (exact) mass is 419 g/mol. The van der Waals surface area contributed by atoms with Crippen molar-refractivity contribution in [2.45, 2.75) is 25.1 Å². The lowest BCUT2D eigenvalue weighted by Gasteiger charge is -2.23. The number of carbonyl (C=O) groups excluding carboxylic acids is 4. The Balaban J connectivity index is 3.05. The van der Waals surface area contributed by atoms with Gasteiger partial charge in [0.2, 0.25) is 5.91 Å². The Morgan fingerprint density at radius 1 is 1.00 bits per heavy atom. The van der Waals surface area contributed by atoms with Crippen LogP contribution in [0.3, 0.4) is 0 Å². The molecular formula is C18H20F3NO7. The number of benzene rings is 1. The van der Waals surface area contributed by atoms with Gasteiger partial charge in [-0.25, -0.2) is 4.79 Å². The van der Waals surface area contributed by atoms with Gasteiger partial charge in [0, 0.05) is 0 Å². The molecule has 160 valence electrons. The molecule has 0 saturated heterocycles. The van der Waals surface area contributed by atoms with Crippen molar-refractivity contribution in [1.29, 1.82) is 0 Å². The fraction of sp³-hybridized carbons (Fsp3) is 0.444. The third-order valence-corrected chi connectivity index (χ3v) is 3.91. The SMILES string of the molecule is COC(=O)C[C@H](C(=O)OC)[C@@H](NC(=O)Cc1cccc(C(F)(F)F)c1)C(=O)OC. The van der Waals surface area contributed by atoms with Crippen molar-refractivity contribution in [3.63, 3.8) is 0 Å². The third kappa shape index (κ3) is 7.09. The molecule has 2 atom stereocenters. The molecule has 0 aromatic heterocycles. The third-order valence-electron chi connectivity index (χ3n) is 3.91. The van der Waals surface area contributed by atoms with E-state index >= 15 is 0 Å². The van der Waals surface area contributed by atoms with Gasteiger partial charge < -0.3 is 19.5 Å². The van der Waals surface area contributed by atoms with Crippen LogP contribution in [0.15, 0.2) is 24.3 Å². The number of alkyl halides is 3. The van der Waals surface area contributed by atoms with Crippen molar-refractivity contribution in [3.05, 3.63) is 35.4 Å². The number of carbonyl (C=O) groups is 4. The molecule has 0 saturated carbocycles. The Kier molecular flexibility index (Phi) is 8.61. The Morgan fingerprint density at radius 2 is 1.62 bits per heavy atom. The Bertz CT molecular complexity index is 764. The number of nitrogens with one attached hydrogen (secondary N) is 1. The molecule has 1 amide bonds. The first-order chi connectivity index (χ1) is 13.5. The van der Waals surface area contributed by atoms with Crippen molar-refractivity contribution in [3.8, 4) is 0 Å². The molecule has 8 nitrogen and oxygen atoms in total. The van der Waals surface area contributed by atoms with Crippen LogP contribution in [0.2, 0.25) is 0 Å². The molecule has 0 radical (unpaired) electrons. The van der Waals surface area contributed by atoms with Crippen LogP contribution in [0.5, 0.6) is 0 Å². The fourth-order valence-electron chi connectivity index (χ4n) is 2.47. The molecule has 0 bridgehead atoms. The summed E-state index contributed by atoms with van der Waals surface area (Å²) in [6, 6.07) is 2.47. The fourth-order valence-corrected chi connectivity index (χ4v) is 2.47. The zero-order chi connectivity index (χ0) is 22.2. The minimum atomic E-state index is -4.59. The molecule has 0 aliphatic carbocycles. The van der Waals surface area contributed by atoms with Crippen LogP contribution in [0.1, 0.15) is 17.5 Å². The van der Waals surface area contributed by atoms with E-state index in [4.69, 9.17) is 0 Å². The highest BCUT2D eigenvalue weighted by atomic mass is 19.4. The Hall–Kier alpha value is -3.11. The van der Waals surface area contributed by atoms with Gasteiger partial charge in [0.1, 0.15) is 6.04 Å². The van der Waals surface area contributed by atoms with Gasteiger partial charge in [-0.15, -0.1) is 0 Å². The molecule has 0 unspecified atom stereocenters. The molecule has 0 aliphatic heterocycles. The molecule has 11 heteroatoms. The van der Waals surface area contributed by atoms with E-state index in [2.05, 4.69) is 19.5 Å². The number of rotatable bonds is 8. The minimum Gasteiger partial charge on any atom is -0.469 e. The summed E-state index contributed by atoms with van der Waals surface area (Å²) in [5.74, 6) is -5.18. The molecule has 0 spiro atoms. The van der Waals surface area contributed by atoms with E-state index < -0.39 is 60.4 Å². The quantitative estimate of drug-likeness (QED) is 0.499. The summed E-state index contributed by atoms with van der Waals surface area (Å²) >= 11 is 0. The maximum absolute atomic E-state index is 12.8. The molecule has 1 rings (SSSR count). The molecule has 0 heterocycles. The van der Waals surface area contributed by atoms with Crippen LogP contribution in [0, 0.1) is 5.92 Å². The van der Waals surface area contributed by atoms with Crippen LogP contribution in [-0.4, -0.2) is 51.2 Å². The van der Waals surface area contributed by atoms with E-state index in [0.717, 1.165) is 39.5 Å². The topological polar surface area (TPSA) is 108 Å². The van der Waals surface area contributed by atoms with Crippen molar-refractivity contribution < 1.29 is 46.6 Å². The maximum Gasteiger partial charge on any atom is 0.416 e. The number of hydrogen-bond acceptors (Lipinski definition) is 7. The van der Waals surface area contributed by atoms with Crippen molar-refractivity contribution in [2.24, 2.45) is 5.92 Å². The second-order valence-corrected chi connectivity index (χ2v) is 5.85. The number of esters is 3. The molecule has 1 aromatic carbocycles. The van der Waals surface area contributed by atoms with Gasteiger partial charge in [-0.05, 0) is 11.6 Å². The number of hydrogen-bond donors (Lipinski definition) is 1. The Morgan fingerprint density at radius 3 is 2.14 bits per heavy atom. The van der Waals surface area contributed by atoms with Crippen LogP contribution < -0.4 is 5.32 Å². The summed E-state index contributed by atoms with van der Waals surface area (Å²) < 4.78 is 52.0. The summed E-state index contributed by atoms with van der Waals surface area (Å²) in [7, 11) is 3.09. The van der Waals surface area contributed by atoms with E-state index in [-0.39, 0.29) is 5.56 Å². The van der Waals surface area contributed by atoms with E-state index in [1.54, 1.807) is 0 Å². The van der Waals surface area contributed by atoms with E-state index in [0.29, 0.717) is 0 Å². The van der Waals surface area contributed by atoms with Crippen molar-refractivity contribution in [2.75, 3.05) is 21.3 Å². The van der Waals surface area contributed by atoms with Crippen LogP contribution >= 0.6 is 0 Å². The summed E-state index contributed by atoms with van der Waals surface area (Å²) in [5, 5.41) is 2.22. The molecule has 1 aromatic rings. The highest BCUT2D eigenvalue weighted by Crippen LogP contribution is 2.29. The largest absolute Gasteiger partial charge is 0.469 e. The smallest absolute Gasteiger partial charge is 0.416 e. The van der Waals surface area contributed by atoms with Crippen molar-refractivity contribution >= 4 is 23.8 Å². The zero-order valence-corrected chi connectivity index (χ0v) is 15.9. The lowest BCUT2D eigenvalue weighted by Crippen LogP contribution is -2.50. The predicted molar refractivity (Wildman–Crippen MR) is 91.2 cm³/mol. The Labute approximate surface area is 164 Å². The number of amides is 1. The highest BCUT2D eigenvalue weighted by molar-refractivity contribution is 5.91. The second kappa shape index (κ2) is 10.4. The van der Waals surface area contributed by atoms with E-state index in [9.17, 15) is 32.3 Å². The van der Waals surface area contributed by atoms with E-state index in [1.807, 2.05) is 0 Å². The van der Waals surface area contributed by atoms with Gasteiger partial charge in [0.25, 0.3) is 0 Å². The highest BCUT2D eigenvalue weighted by Gasteiger charge is 2.38. The van der Waals surface area contributed by atoms with E-state index in [1.165, 1.54) is 6.07 Å². The lowest BCUT2D eigenvalue weighted by molar-refractivity contribution is -0.159. The van der Waals surface area contributed by atoms with Gasteiger partial charge in [0.05, 0.1) is 45.7 Å².